The minimum Gasteiger partial charge on any atom is -0.495 e. The number of anilines is 1. The minimum absolute atomic E-state index is 0.238. The molecule has 2 aromatic carbocycles. The predicted molar refractivity (Wildman–Crippen MR) is 90.8 cm³/mol. The van der Waals surface area contributed by atoms with Crippen LogP contribution >= 0.6 is 11.6 Å². The Morgan fingerprint density at radius 2 is 1.91 bits per heavy atom. The summed E-state index contributed by atoms with van der Waals surface area (Å²) >= 11 is 6.08. The van der Waals surface area contributed by atoms with Gasteiger partial charge in [-0.15, -0.1) is 0 Å². The first kappa shape index (κ1) is 15.2. The van der Waals surface area contributed by atoms with Crippen molar-refractivity contribution in [2.24, 2.45) is 0 Å². The maximum Gasteiger partial charge on any atom is 0.256 e. The number of ether oxygens (including phenoxy) is 2. The second kappa shape index (κ2) is 6.22. The van der Waals surface area contributed by atoms with Crippen LogP contribution < -0.4 is 14.8 Å². The van der Waals surface area contributed by atoms with Crippen molar-refractivity contribution in [2.45, 2.75) is 0 Å². The number of nitrogens with one attached hydrogen (secondary N) is 2. The monoisotopic (exact) mass is 330 g/mol. The zero-order chi connectivity index (χ0) is 16.4. The SMILES string of the molecule is COc1cc(NC(=O)c2cccc3[nH]ccc23)c(OC)cc1Cl. The number of halogens is 1. The Hall–Kier alpha value is -2.66. The number of methoxy groups -OCH3 is 2. The first-order valence-electron chi connectivity index (χ1n) is 6.93. The Balaban J connectivity index is 1.98. The van der Waals surface area contributed by atoms with Crippen molar-refractivity contribution in [1.29, 1.82) is 0 Å². The van der Waals surface area contributed by atoms with Gasteiger partial charge in [-0.1, -0.05) is 17.7 Å². The van der Waals surface area contributed by atoms with Crippen LogP contribution in [0.1, 0.15) is 10.4 Å². The molecule has 0 spiro atoms. The highest BCUT2D eigenvalue weighted by molar-refractivity contribution is 6.32. The number of carbonyl (C=O) groups excluding carboxylic acids is 1. The van der Waals surface area contributed by atoms with E-state index in [1.54, 1.807) is 24.4 Å². The molecule has 0 radical (unpaired) electrons. The fourth-order valence-corrected chi connectivity index (χ4v) is 2.66. The molecule has 23 heavy (non-hydrogen) atoms. The summed E-state index contributed by atoms with van der Waals surface area (Å²) in [4.78, 5) is 15.7. The zero-order valence-electron chi connectivity index (χ0n) is 12.6. The predicted octanol–water partition coefficient (Wildman–Crippen LogP) is 4.09. The molecule has 0 aliphatic carbocycles. The molecule has 0 aliphatic heterocycles. The van der Waals surface area contributed by atoms with Gasteiger partial charge >= 0.3 is 0 Å². The van der Waals surface area contributed by atoms with E-state index in [4.69, 9.17) is 21.1 Å². The number of rotatable bonds is 4. The lowest BCUT2D eigenvalue weighted by atomic mass is 10.1. The first-order valence-corrected chi connectivity index (χ1v) is 7.31. The Morgan fingerprint density at radius 1 is 1.13 bits per heavy atom. The summed E-state index contributed by atoms with van der Waals surface area (Å²) < 4.78 is 10.5. The topological polar surface area (TPSA) is 63.3 Å². The van der Waals surface area contributed by atoms with Gasteiger partial charge in [0.05, 0.1) is 24.9 Å². The molecular formula is C17H15ClN2O3. The largest absolute Gasteiger partial charge is 0.495 e. The maximum absolute atomic E-state index is 12.6. The molecule has 5 nitrogen and oxygen atoms in total. The third kappa shape index (κ3) is 2.83. The van der Waals surface area contributed by atoms with E-state index in [1.807, 2.05) is 18.2 Å². The van der Waals surface area contributed by atoms with Gasteiger partial charge in [0.25, 0.3) is 5.91 Å². The molecule has 118 valence electrons. The van der Waals surface area contributed by atoms with E-state index < -0.39 is 0 Å². The Morgan fingerprint density at radius 3 is 2.65 bits per heavy atom. The molecule has 1 heterocycles. The van der Waals surface area contributed by atoms with Crippen LogP contribution in [0.3, 0.4) is 0 Å². The number of aromatic amines is 1. The van der Waals surface area contributed by atoms with Crippen molar-refractivity contribution in [1.82, 2.24) is 4.98 Å². The van der Waals surface area contributed by atoms with E-state index in [9.17, 15) is 4.79 Å². The smallest absolute Gasteiger partial charge is 0.256 e. The van der Waals surface area contributed by atoms with E-state index in [0.29, 0.717) is 27.8 Å². The Labute approximate surface area is 138 Å². The number of hydrogen-bond donors (Lipinski definition) is 2. The standard InChI is InChI=1S/C17H15ClN2O3/c1-22-15-9-14(16(23-2)8-12(15)18)20-17(21)11-4-3-5-13-10(11)6-7-19-13/h3-9,19H,1-2H3,(H,20,21). The van der Waals surface area contributed by atoms with Crippen LogP contribution in [0, 0.1) is 0 Å². The average Bonchev–Trinajstić information content (AvgIpc) is 3.04. The second-order valence-electron chi connectivity index (χ2n) is 4.89. The summed E-state index contributed by atoms with van der Waals surface area (Å²) in [6.45, 7) is 0. The quantitative estimate of drug-likeness (QED) is 0.757. The molecule has 0 saturated carbocycles. The molecule has 0 aliphatic rings. The lowest BCUT2D eigenvalue weighted by Gasteiger charge is -2.13. The highest BCUT2D eigenvalue weighted by Crippen LogP contribution is 2.36. The van der Waals surface area contributed by atoms with Gasteiger partial charge in [0.2, 0.25) is 0 Å². The number of benzene rings is 2. The van der Waals surface area contributed by atoms with Crippen molar-refractivity contribution in [2.75, 3.05) is 19.5 Å². The van der Waals surface area contributed by atoms with Gasteiger partial charge in [0, 0.05) is 34.8 Å². The Bertz CT molecular complexity index is 873. The summed E-state index contributed by atoms with van der Waals surface area (Å²) in [6, 6.07) is 10.6. The number of H-pyrrole nitrogens is 1. The average molecular weight is 331 g/mol. The van der Waals surface area contributed by atoms with Gasteiger partial charge in [-0.3, -0.25) is 4.79 Å². The second-order valence-corrected chi connectivity index (χ2v) is 5.29. The van der Waals surface area contributed by atoms with Gasteiger partial charge < -0.3 is 19.8 Å². The van der Waals surface area contributed by atoms with Crippen LogP contribution in [0.25, 0.3) is 10.9 Å². The molecular weight excluding hydrogens is 316 g/mol. The first-order chi connectivity index (χ1) is 11.1. The molecule has 2 N–H and O–H groups in total. The minimum atomic E-state index is -0.238. The van der Waals surface area contributed by atoms with Crippen LogP contribution in [-0.4, -0.2) is 25.1 Å². The zero-order valence-corrected chi connectivity index (χ0v) is 13.4. The maximum atomic E-state index is 12.6. The number of fused-ring (bicyclic) bond motifs is 1. The summed E-state index contributed by atoms with van der Waals surface area (Å²) in [5.74, 6) is 0.686. The van der Waals surface area contributed by atoms with Gasteiger partial charge in [0.15, 0.2) is 0 Å². The van der Waals surface area contributed by atoms with Crippen molar-refractivity contribution < 1.29 is 14.3 Å². The fourth-order valence-electron chi connectivity index (χ4n) is 2.43. The van der Waals surface area contributed by atoms with Crippen molar-refractivity contribution in [3.05, 3.63) is 53.2 Å². The van der Waals surface area contributed by atoms with Gasteiger partial charge in [-0.25, -0.2) is 0 Å². The van der Waals surface area contributed by atoms with E-state index in [2.05, 4.69) is 10.3 Å². The Kier molecular flexibility index (Phi) is 4.12. The number of carbonyl (C=O) groups is 1. The molecule has 0 fully saturated rings. The molecule has 0 saturated heterocycles. The highest BCUT2D eigenvalue weighted by Gasteiger charge is 2.15. The van der Waals surface area contributed by atoms with Crippen molar-refractivity contribution in [3.63, 3.8) is 0 Å². The number of hydrogen-bond acceptors (Lipinski definition) is 3. The van der Waals surface area contributed by atoms with Gasteiger partial charge in [-0.05, 0) is 18.2 Å². The molecule has 1 amide bonds. The third-order valence-corrected chi connectivity index (χ3v) is 3.86. The van der Waals surface area contributed by atoms with Gasteiger partial charge in [-0.2, -0.15) is 0 Å². The van der Waals surface area contributed by atoms with Crippen molar-refractivity contribution >= 4 is 34.1 Å². The third-order valence-electron chi connectivity index (χ3n) is 3.56. The van der Waals surface area contributed by atoms with Gasteiger partial charge in [0.1, 0.15) is 11.5 Å². The summed E-state index contributed by atoms with van der Waals surface area (Å²) in [5, 5.41) is 4.11. The fraction of sp³-hybridized carbons (Fsp3) is 0.118. The summed E-state index contributed by atoms with van der Waals surface area (Å²) in [6.07, 6.45) is 1.80. The number of aromatic nitrogens is 1. The molecule has 3 rings (SSSR count). The molecule has 0 atom stereocenters. The highest BCUT2D eigenvalue weighted by atomic mass is 35.5. The van der Waals surface area contributed by atoms with Crippen LogP contribution in [-0.2, 0) is 0 Å². The molecule has 0 unspecified atom stereocenters. The normalized spacial score (nSPS) is 10.6. The van der Waals surface area contributed by atoms with E-state index in [-0.39, 0.29) is 5.91 Å². The van der Waals surface area contributed by atoms with E-state index in [0.717, 1.165) is 10.9 Å². The number of amides is 1. The van der Waals surface area contributed by atoms with E-state index >= 15 is 0 Å². The van der Waals surface area contributed by atoms with Crippen LogP contribution in [0.5, 0.6) is 11.5 Å². The molecule has 3 aromatic rings. The summed E-state index contributed by atoms with van der Waals surface area (Å²) in [5.41, 5.74) is 1.96. The summed E-state index contributed by atoms with van der Waals surface area (Å²) in [7, 11) is 3.03. The van der Waals surface area contributed by atoms with E-state index in [1.165, 1.54) is 14.2 Å². The molecule has 6 heteroatoms. The lowest BCUT2D eigenvalue weighted by molar-refractivity contribution is 0.102. The van der Waals surface area contributed by atoms with Crippen molar-refractivity contribution in [3.8, 4) is 11.5 Å². The molecule has 1 aromatic heterocycles. The van der Waals surface area contributed by atoms with Crippen LogP contribution in [0.15, 0.2) is 42.6 Å². The molecule has 0 bridgehead atoms. The lowest BCUT2D eigenvalue weighted by Crippen LogP contribution is -2.13. The van der Waals surface area contributed by atoms with Crippen LogP contribution in [0.4, 0.5) is 5.69 Å². The van der Waals surface area contributed by atoms with Crippen LogP contribution in [0.2, 0.25) is 5.02 Å².